The zero-order valence-corrected chi connectivity index (χ0v) is 19.2. The van der Waals surface area contributed by atoms with E-state index in [0.717, 1.165) is 11.4 Å². The molecule has 0 bridgehead atoms. The quantitative estimate of drug-likeness (QED) is 0.557. The molecule has 4 atom stereocenters. The Balaban J connectivity index is 0.00000289. The molecule has 32 heavy (non-hydrogen) atoms. The van der Waals surface area contributed by atoms with Crippen LogP contribution in [-0.2, 0) is 16.0 Å². The number of likely N-dealkylation sites (N-methyl/N-ethyl adjacent to an activating group) is 1. The Labute approximate surface area is 193 Å². The Morgan fingerprint density at radius 2 is 1.91 bits per heavy atom. The SMILES string of the molecule is CN[C@@H](C)C(=O)N[C@@H]1C(=O)N2c3c(ccc[n+]3C1C)C[C@H]2CNC(=O)c1ccccc1.Cl. The van der Waals surface area contributed by atoms with Crippen LogP contribution in [0.4, 0.5) is 5.82 Å². The number of nitrogens with one attached hydrogen (secondary N) is 3. The molecule has 0 saturated carbocycles. The summed E-state index contributed by atoms with van der Waals surface area (Å²) in [7, 11) is 1.71. The van der Waals surface area contributed by atoms with Crippen LogP contribution in [0.3, 0.4) is 0 Å². The molecule has 1 aromatic heterocycles. The molecule has 4 rings (SSSR count). The van der Waals surface area contributed by atoms with Gasteiger partial charge < -0.3 is 16.0 Å². The van der Waals surface area contributed by atoms with Crippen molar-refractivity contribution in [3.05, 3.63) is 59.8 Å². The molecule has 3 N–H and O–H groups in total. The average molecular weight is 459 g/mol. The van der Waals surface area contributed by atoms with Crippen LogP contribution in [0.25, 0.3) is 0 Å². The predicted octanol–water partition coefficient (Wildman–Crippen LogP) is 0.751. The van der Waals surface area contributed by atoms with E-state index in [4.69, 9.17) is 0 Å². The van der Waals surface area contributed by atoms with E-state index in [1.54, 1.807) is 31.0 Å². The van der Waals surface area contributed by atoms with Crippen LogP contribution in [0.1, 0.15) is 35.8 Å². The minimum atomic E-state index is -0.679. The lowest BCUT2D eigenvalue weighted by Gasteiger charge is -2.33. The molecule has 0 saturated heterocycles. The van der Waals surface area contributed by atoms with Gasteiger partial charge in [-0.15, -0.1) is 12.4 Å². The summed E-state index contributed by atoms with van der Waals surface area (Å²) in [6.45, 7) is 4.02. The fourth-order valence-electron chi connectivity index (χ4n) is 4.31. The van der Waals surface area contributed by atoms with Gasteiger partial charge in [0, 0.05) is 17.5 Å². The van der Waals surface area contributed by atoms with Crippen molar-refractivity contribution in [1.82, 2.24) is 16.0 Å². The van der Waals surface area contributed by atoms with E-state index in [1.165, 1.54) is 0 Å². The summed E-state index contributed by atoms with van der Waals surface area (Å²) in [5.74, 6) is 0.315. The van der Waals surface area contributed by atoms with Crippen LogP contribution in [0.15, 0.2) is 48.7 Å². The van der Waals surface area contributed by atoms with Crippen molar-refractivity contribution < 1.29 is 19.0 Å². The maximum Gasteiger partial charge on any atom is 0.336 e. The molecule has 9 heteroatoms. The van der Waals surface area contributed by atoms with Crippen molar-refractivity contribution in [2.45, 2.75) is 44.4 Å². The van der Waals surface area contributed by atoms with Gasteiger partial charge in [-0.05, 0) is 45.2 Å². The van der Waals surface area contributed by atoms with E-state index in [0.29, 0.717) is 18.5 Å². The summed E-state index contributed by atoms with van der Waals surface area (Å²) in [6.07, 6.45) is 2.59. The minimum absolute atomic E-state index is 0. The van der Waals surface area contributed by atoms with Crippen molar-refractivity contribution in [2.75, 3.05) is 18.5 Å². The molecule has 3 amide bonds. The summed E-state index contributed by atoms with van der Waals surface area (Å²) in [6, 6.07) is 11.5. The number of hydrogen-bond donors (Lipinski definition) is 3. The van der Waals surface area contributed by atoms with E-state index in [9.17, 15) is 14.4 Å². The number of benzene rings is 1. The van der Waals surface area contributed by atoms with Crippen LogP contribution >= 0.6 is 12.4 Å². The monoisotopic (exact) mass is 458 g/mol. The first-order valence-corrected chi connectivity index (χ1v) is 10.6. The van der Waals surface area contributed by atoms with Gasteiger partial charge in [-0.1, -0.05) is 18.2 Å². The van der Waals surface area contributed by atoms with Gasteiger partial charge in [0.25, 0.3) is 11.7 Å². The van der Waals surface area contributed by atoms with Crippen LogP contribution in [-0.4, -0.2) is 49.4 Å². The Morgan fingerprint density at radius 3 is 2.59 bits per heavy atom. The molecule has 0 aliphatic carbocycles. The summed E-state index contributed by atoms with van der Waals surface area (Å²) in [4.78, 5) is 40.3. The highest BCUT2D eigenvalue weighted by Crippen LogP contribution is 2.34. The van der Waals surface area contributed by atoms with E-state index < -0.39 is 12.1 Å². The molecule has 0 fully saturated rings. The van der Waals surface area contributed by atoms with Gasteiger partial charge in [0.1, 0.15) is 12.1 Å². The van der Waals surface area contributed by atoms with Gasteiger partial charge in [-0.25, -0.2) is 9.36 Å². The van der Waals surface area contributed by atoms with E-state index in [2.05, 4.69) is 16.0 Å². The first kappa shape index (κ1) is 23.7. The molecule has 170 valence electrons. The second-order valence-electron chi connectivity index (χ2n) is 8.14. The maximum absolute atomic E-state index is 13.5. The molecule has 3 heterocycles. The number of anilines is 1. The lowest BCUT2D eigenvalue weighted by atomic mass is 10.0. The third-order valence-electron chi connectivity index (χ3n) is 6.21. The first-order chi connectivity index (χ1) is 14.9. The van der Waals surface area contributed by atoms with Crippen molar-refractivity contribution in [1.29, 1.82) is 0 Å². The van der Waals surface area contributed by atoms with Crippen LogP contribution in [0.2, 0.25) is 0 Å². The van der Waals surface area contributed by atoms with Gasteiger partial charge >= 0.3 is 5.91 Å². The van der Waals surface area contributed by atoms with Crippen molar-refractivity contribution in [3.8, 4) is 0 Å². The smallest absolute Gasteiger partial charge is 0.336 e. The van der Waals surface area contributed by atoms with Crippen LogP contribution in [0.5, 0.6) is 0 Å². The normalized spacial score (nSPS) is 21.9. The summed E-state index contributed by atoms with van der Waals surface area (Å²) in [5, 5.41) is 8.77. The Morgan fingerprint density at radius 1 is 1.19 bits per heavy atom. The largest absolute Gasteiger partial charge is 0.348 e. The summed E-state index contributed by atoms with van der Waals surface area (Å²) in [5.41, 5.74) is 1.65. The Hall–Kier alpha value is -2.97. The third-order valence-corrected chi connectivity index (χ3v) is 6.21. The second kappa shape index (κ2) is 9.67. The van der Waals surface area contributed by atoms with Crippen LogP contribution in [0, 0.1) is 0 Å². The number of rotatable bonds is 6. The standard InChI is InChI=1S/C23H27N5O3.ClH/c1-14(24-3)20(29)26-19-15(2)27-11-7-10-17-12-18(28(22(17)27)23(19)31)13-25-21(30)16-8-5-4-6-9-16;/h4-11,14-15,18-19,24H,12-13H2,1-3H3,(H-,25,26,29,30);1H/p+1/t14-,15?,18-,19-;/m0./s1. The molecule has 1 unspecified atom stereocenters. The van der Waals surface area contributed by atoms with Gasteiger partial charge in [-0.2, -0.15) is 4.90 Å². The van der Waals surface area contributed by atoms with Gasteiger partial charge in [-0.3, -0.25) is 9.59 Å². The fourth-order valence-corrected chi connectivity index (χ4v) is 4.31. The molecule has 0 spiro atoms. The summed E-state index contributed by atoms with van der Waals surface area (Å²) < 4.78 is 2.05. The second-order valence-corrected chi connectivity index (χ2v) is 8.14. The number of hydrogen-bond acceptors (Lipinski definition) is 4. The Bertz CT molecular complexity index is 1020. The zero-order chi connectivity index (χ0) is 22.1. The summed E-state index contributed by atoms with van der Waals surface area (Å²) >= 11 is 0. The highest BCUT2D eigenvalue weighted by atomic mass is 35.5. The molecule has 2 aliphatic heterocycles. The van der Waals surface area contributed by atoms with E-state index >= 15 is 0 Å². The minimum Gasteiger partial charge on any atom is -0.348 e. The first-order valence-electron chi connectivity index (χ1n) is 10.6. The molecular weight excluding hydrogens is 430 g/mol. The highest BCUT2D eigenvalue weighted by Gasteiger charge is 2.53. The number of amides is 3. The maximum atomic E-state index is 13.5. The number of nitrogens with zero attached hydrogens (tertiary/aromatic N) is 2. The number of aromatic nitrogens is 1. The zero-order valence-electron chi connectivity index (χ0n) is 18.4. The molecule has 0 radical (unpaired) electrons. The average Bonchev–Trinajstić information content (AvgIpc) is 3.17. The van der Waals surface area contributed by atoms with Crippen molar-refractivity contribution in [2.24, 2.45) is 0 Å². The van der Waals surface area contributed by atoms with Gasteiger partial charge in [0.2, 0.25) is 5.91 Å². The highest BCUT2D eigenvalue weighted by molar-refractivity contribution is 6.01. The van der Waals surface area contributed by atoms with Crippen molar-refractivity contribution >= 4 is 35.9 Å². The molecule has 1 aromatic carbocycles. The molecule has 2 aliphatic rings. The van der Waals surface area contributed by atoms with Gasteiger partial charge in [0.05, 0.1) is 18.8 Å². The predicted molar refractivity (Wildman–Crippen MR) is 123 cm³/mol. The molecule has 8 nitrogen and oxygen atoms in total. The molecule has 2 aromatic rings. The van der Waals surface area contributed by atoms with Crippen LogP contribution < -0.4 is 25.4 Å². The lowest BCUT2D eigenvalue weighted by molar-refractivity contribution is -0.710. The topological polar surface area (TPSA) is 94.4 Å². The molecular formula is C23H29ClN5O3+. The van der Waals surface area contributed by atoms with E-state index in [-0.39, 0.29) is 42.2 Å². The van der Waals surface area contributed by atoms with Crippen molar-refractivity contribution in [3.63, 3.8) is 0 Å². The van der Waals surface area contributed by atoms with Gasteiger partial charge in [0.15, 0.2) is 6.04 Å². The number of halogens is 1. The Kier molecular flexibility index (Phi) is 7.16. The number of pyridine rings is 1. The number of carbonyl (C=O) groups excluding carboxylic acids is 3. The number of carbonyl (C=O) groups is 3. The third kappa shape index (κ3) is 4.20. The fraction of sp³-hybridized carbons (Fsp3) is 0.391. The lowest BCUT2D eigenvalue weighted by Crippen LogP contribution is -2.67. The van der Waals surface area contributed by atoms with E-state index in [1.807, 2.05) is 48.0 Å².